The predicted molar refractivity (Wildman–Crippen MR) is 100 cm³/mol. The van der Waals surface area contributed by atoms with Crippen molar-refractivity contribution >= 4 is 46.3 Å². The quantitative estimate of drug-likeness (QED) is 0.356. The van der Waals surface area contributed by atoms with Crippen molar-refractivity contribution < 1.29 is 5.21 Å². The molecule has 0 unspecified atom stereocenters. The first kappa shape index (κ1) is 17.2. The molecule has 0 atom stereocenters. The van der Waals surface area contributed by atoms with Gasteiger partial charge in [-0.3, -0.25) is 0 Å². The molecule has 0 aliphatic carbocycles. The van der Waals surface area contributed by atoms with Gasteiger partial charge in [0.15, 0.2) is 5.84 Å². The highest BCUT2D eigenvalue weighted by Crippen LogP contribution is 2.29. The zero-order valence-electron chi connectivity index (χ0n) is 12.8. The van der Waals surface area contributed by atoms with E-state index in [1.807, 2.05) is 29.2 Å². The van der Waals surface area contributed by atoms with Crippen LogP contribution in [-0.4, -0.2) is 42.1 Å². The number of nitrogens with zero attached hydrogens (tertiary/aromatic N) is 3. The van der Waals surface area contributed by atoms with Gasteiger partial charge in [0.05, 0.1) is 26.3 Å². The van der Waals surface area contributed by atoms with Crippen molar-refractivity contribution in [2.24, 2.45) is 5.16 Å². The molecule has 24 heavy (non-hydrogen) atoms. The van der Waals surface area contributed by atoms with Crippen LogP contribution in [0.1, 0.15) is 5.56 Å². The van der Waals surface area contributed by atoms with E-state index in [0.29, 0.717) is 34.5 Å². The number of anilines is 1. The molecule has 1 N–H and O–H groups in total. The minimum absolute atomic E-state index is 0.393. The maximum atomic E-state index is 9.50. The van der Waals surface area contributed by atoms with Crippen LogP contribution in [0.4, 0.5) is 5.69 Å². The van der Waals surface area contributed by atoms with Crippen LogP contribution in [0.5, 0.6) is 0 Å². The van der Waals surface area contributed by atoms with E-state index < -0.39 is 0 Å². The minimum Gasteiger partial charge on any atom is -0.409 e. The van der Waals surface area contributed by atoms with Crippen molar-refractivity contribution in [2.45, 2.75) is 0 Å². The molecule has 126 valence electrons. The number of amidine groups is 1. The summed E-state index contributed by atoms with van der Waals surface area (Å²) in [6, 6.07) is 13.0. The number of benzene rings is 2. The van der Waals surface area contributed by atoms with Gasteiger partial charge in [0.1, 0.15) is 0 Å². The van der Waals surface area contributed by atoms with Crippen LogP contribution >= 0.6 is 34.8 Å². The van der Waals surface area contributed by atoms with Crippen LogP contribution < -0.4 is 4.90 Å². The predicted octanol–water partition coefficient (Wildman–Crippen LogP) is 4.60. The lowest BCUT2D eigenvalue weighted by Gasteiger charge is -2.37. The number of hydrogen-bond donors (Lipinski definition) is 1. The Kier molecular flexibility index (Phi) is 5.39. The molecule has 1 aliphatic heterocycles. The van der Waals surface area contributed by atoms with E-state index in [0.717, 1.165) is 23.8 Å². The van der Waals surface area contributed by atoms with Crippen LogP contribution in [0.25, 0.3) is 0 Å². The van der Waals surface area contributed by atoms with Crippen molar-refractivity contribution in [2.75, 3.05) is 31.1 Å². The number of hydrogen-bond acceptors (Lipinski definition) is 3. The Morgan fingerprint density at radius 2 is 1.42 bits per heavy atom. The van der Waals surface area contributed by atoms with E-state index in [1.165, 1.54) is 0 Å². The largest absolute Gasteiger partial charge is 0.409 e. The molecule has 1 saturated heterocycles. The molecule has 2 aromatic rings. The van der Waals surface area contributed by atoms with E-state index in [1.54, 1.807) is 18.2 Å². The minimum atomic E-state index is 0.393. The van der Waals surface area contributed by atoms with Crippen LogP contribution in [-0.2, 0) is 0 Å². The molecular weight excluding hydrogens is 369 g/mol. The van der Waals surface area contributed by atoms with Gasteiger partial charge in [0.2, 0.25) is 0 Å². The van der Waals surface area contributed by atoms with Crippen molar-refractivity contribution in [3.05, 3.63) is 63.1 Å². The SMILES string of the molecule is ON=C(c1c(Cl)cccc1Cl)N1CCN(c2ccccc2Cl)CC1. The fraction of sp³-hybridized carbons (Fsp3) is 0.235. The maximum absolute atomic E-state index is 9.50. The summed E-state index contributed by atoms with van der Waals surface area (Å²) in [6.07, 6.45) is 0. The zero-order valence-corrected chi connectivity index (χ0v) is 15.1. The third kappa shape index (κ3) is 3.41. The highest BCUT2D eigenvalue weighted by Gasteiger charge is 2.25. The average molecular weight is 385 g/mol. The molecule has 0 amide bonds. The van der Waals surface area contributed by atoms with Gasteiger partial charge in [-0.25, -0.2) is 0 Å². The molecule has 0 radical (unpaired) electrons. The fourth-order valence-corrected chi connectivity index (χ4v) is 3.67. The highest BCUT2D eigenvalue weighted by atomic mass is 35.5. The lowest BCUT2D eigenvalue weighted by molar-refractivity contribution is 0.296. The standard InChI is InChI=1S/C17H16Cl3N3O/c18-12-4-1-2-7-15(12)22-8-10-23(11-9-22)17(21-24)16-13(19)5-3-6-14(16)20/h1-7,24H,8-11H2. The summed E-state index contributed by atoms with van der Waals surface area (Å²) >= 11 is 18.7. The van der Waals surface area contributed by atoms with Gasteiger partial charge in [-0.2, -0.15) is 0 Å². The Bertz CT molecular complexity index is 738. The number of oxime groups is 1. The summed E-state index contributed by atoms with van der Waals surface area (Å²) in [6.45, 7) is 2.86. The first-order chi connectivity index (χ1) is 11.6. The van der Waals surface area contributed by atoms with Gasteiger partial charge >= 0.3 is 0 Å². The summed E-state index contributed by atoms with van der Waals surface area (Å²) < 4.78 is 0. The van der Waals surface area contributed by atoms with Gasteiger partial charge in [-0.15, -0.1) is 0 Å². The Labute approximate surface area is 155 Å². The third-order valence-corrected chi connectivity index (χ3v) is 5.00. The van der Waals surface area contributed by atoms with Gasteiger partial charge in [-0.1, -0.05) is 58.2 Å². The molecule has 3 rings (SSSR count). The molecule has 0 aromatic heterocycles. The molecule has 1 fully saturated rings. The molecule has 1 heterocycles. The highest BCUT2D eigenvalue weighted by molar-refractivity contribution is 6.40. The Morgan fingerprint density at radius 3 is 2.00 bits per heavy atom. The van der Waals surface area contributed by atoms with Gasteiger partial charge in [-0.05, 0) is 24.3 Å². The normalized spacial score (nSPS) is 15.7. The van der Waals surface area contributed by atoms with E-state index in [2.05, 4.69) is 10.1 Å². The smallest absolute Gasteiger partial charge is 0.178 e. The summed E-state index contributed by atoms with van der Waals surface area (Å²) in [5, 5.41) is 14.6. The molecule has 0 bridgehead atoms. The summed E-state index contributed by atoms with van der Waals surface area (Å²) in [5.74, 6) is 0.393. The van der Waals surface area contributed by atoms with Crippen LogP contribution in [0.3, 0.4) is 0 Å². The number of piperazine rings is 1. The zero-order chi connectivity index (χ0) is 17.1. The van der Waals surface area contributed by atoms with Crippen molar-refractivity contribution in [3.63, 3.8) is 0 Å². The second kappa shape index (κ2) is 7.51. The van der Waals surface area contributed by atoms with Gasteiger partial charge < -0.3 is 15.0 Å². The van der Waals surface area contributed by atoms with Gasteiger partial charge in [0.25, 0.3) is 0 Å². The molecule has 4 nitrogen and oxygen atoms in total. The second-order valence-corrected chi connectivity index (χ2v) is 6.67. The van der Waals surface area contributed by atoms with E-state index in [-0.39, 0.29) is 0 Å². The van der Waals surface area contributed by atoms with Crippen LogP contribution in [0.2, 0.25) is 15.1 Å². The lowest BCUT2D eigenvalue weighted by atomic mass is 10.1. The lowest BCUT2D eigenvalue weighted by Crippen LogP contribution is -2.49. The van der Waals surface area contributed by atoms with Crippen molar-refractivity contribution in [3.8, 4) is 0 Å². The Morgan fingerprint density at radius 1 is 0.833 bits per heavy atom. The van der Waals surface area contributed by atoms with Crippen molar-refractivity contribution in [1.82, 2.24) is 4.90 Å². The summed E-state index contributed by atoms with van der Waals surface area (Å²) in [7, 11) is 0. The van der Waals surface area contributed by atoms with E-state index in [4.69, 9.17) is 34.8 Å². The molecule has 2 aromatic carbocycles. The molecule has 0 spiro atoms. The average Bonchev–Trinajstić information content (AvgIpc) is 2.59. The third-order valence-electron chi connectivity index (χ3n) is 4.05. The number of rotatable bonds is 2. The van der Waals surface area contributed by atoms with Gasteiger partial charge in [0, 0.05) is 26.2 Å². The molecule has 1 aliphatic rings. The maximum Gasteiger partial charge on any atom is 0.178 e. The fourth-order valence-electron chi connectivity index (χ4n) is 2.85. The molecule has 0 saturated carbocycles. The summed E-state index contributed by atoms with van der Waals surface area (Å²) in [4.78, 5) is 4.18. The van der Waals surface area contributed by atoms with E-state index >= 15 is 0 Å². The second-order valence-electron chi connectivity index (χ2n) is 5.45. The first-order valence-electron chi connectivity index (χ1n) is 7.52. The Balaban J connectivity index is 1.77. The van der Waals surface area contributed by atoms with Crippen LogP contribution in [0.15, 0.2) is 47.6 Å². The Hall–Kier alpha value is -1.62. The number of halogens is 3. The van der Waals surface area contributed by atoms with E-state index in [9.17, 15) is 5.21 Å². The summed E-state index contributed by atoms with van der Waals surface area (Å²) in [5.41, 5.74) is 1.56. The molecule has 7 heteroatoms. The van der Waals surface area contributed by atoms with Crippen molar-refractivity contribution in [1.29, 1.82) is 0 Å². The number of para-hydroxylation sites is 1. The topological polar surface area (TPSA) is 39.1 Å². The van der Waals surface area contributed by atoms with Crippen LogP contribution in [0, 0.1) is 0 Å². The first-order valence-corrected chi connectivity index (χ1v) is 8.66. The molecular formula is C17H16Cl3N3O. The monoisotopic (exact) mass is 383 g/mol.